The normalized spacial score (nSPS) is 13.5. The third kappa shape index (κ3) is 4.33. The second-order valence-electron chi connectivity index (χ2n) is 6.10. The number of nitrogens with one attached hydrogen (secondary N) is 1. The van der Waals surface area contributed by atoms with Crippen LogP contribution in [0.5, 0.6) is 5.75 Å². The SMILES string of the molecule is [2H]C([2H])(Oc1ccc2oc(C)c(C(=O)N[C@@H](CO)C(N)=O)c2c1)c1c(F)cccc1Cl. The van der Waals surface area contributed by atoms with Crippen molar-refractivity contribution < 1.29 is 31.0 Å². The first-order valence-electron chi connectivity index (χ1n) is 9.43. The van der Waals surface area contributed by atoms with E-state index in [4.69, 9.17) is 29.2 Å². The molecule has 1 heterocycles. The van der Waals surface area contributed by atoms with Crippen LogP contribution in [-0.2, 0) is 11.4 Å². The van der Waals surface area contributed by atoms with E-state index in [1.54, 1.807) is 0 Å². The summed E-state index contributed by atoms with van der Waals surface area (Å²) in [6.45, 7) is -1.79. The topological polar surface area (TPSA) is 115 Å². The first-order chi connectivity index (χ1) is 14.5. The number of hydrogen-bond acceptors (Lipinski definition) is 5. The molecule has 0 unspecified atom stereocenters. The smallest absolute Gasteiger partial charge is 0.256 e. The lowest BCUT2D eigenvalue weighted by molar-refractivity contribution is -0.120. The Bertz CT molecular complexity index is 1150. The van der Waals surface area contributed by atoms with Gasteiger partial charge in [-0.1, -0.05) is 17.7 Å². The summed E-state index contributed by atoms with van der Waals surface area (Å²) in [5, 5.41) is 11.6. The van der Waals surface area contributed by atoms with E-state index in [-0.39, 0.29) is 27.5 Å². The number of furan rings is 1. The maximum absolute atomic E-state index is 14.2. The van der Waals surface area contributed by atoms with Gasteiger partial charge in [0.25, 0.3) is 5.91 Å². The van der Waals surface area contributed by atoms with Crippen molar-refractivity contribution in [2.45, 2.75) is 19.5 Å². The van der Waals surface area contributed by atoms with E-state index < -0.39 is 42.4 Å². The second-order valence-corrected chi connectivity index (χ2v) is 6.51. The van der Waals surface area contributed by atoms with E-state index >= 15 is 0 Å². The lowest BCUT2D eigenvalue weighted by Gasteiger charge is -2.12. The van der Waals surface area contributed by atoms with Gasteiger partial charge >= 0.3 is 0 Å². The van der Waals surface area contributed by atoms with Gasteiger partial charge in [0.1, 0.15) is 35.5 Å². The van der Waals surface area contributed by atoms with Gasteiger partial charge in [0.05, 0.1) is 19.9 Å². The van der Waals surface area contributed by atoms with Crippen molar-refractivity contribution in [3.63, 3.8) is 0 Å². The largest absolute Gasteiger partial charge is 0.489 e. The van der Waals surface area contributed by atoms with Crippen molar-refractivity contribution in [2.75, 3.05) is 6.61 Å². The van der Waals surface area contributed by atoms with Gasteiger partial charge in [0.2, 0.25) is 5.91 Å². The van der Waals surface area contributed by atoms with Crippen LogP contribution in [0.15, 0.2) is 40.8 Å². The number of nitrogens with two attached hydrogens (primary N) is 1. The van der Waals surface area contributed by atoms with Crippen LogP contribution >= 0.6 is 11.6 Å². The van der Waals surface area contributed by atoms with Gasteiger partial charge in [-0.15, -0.1) is 0 Å². The molecule has 152 valence electrons. The number of aliphatic hydroxyl groups excluding tert-OH is 1. The summed E-state index contributed by atoms with van der Waals surface area (Å²) in [4.78, 5) is 24.0. The molecule has 0 fully saturated rings. The second kappa shape index (κ2) is 8.50. The fourth-order valence-corrected chi connectivity index (χ4v) is 2.89. The minimum Gasteiger partial charge on any atom is -0.489 e. The number of fused-ring (bicyclic) bond motifs is 1. The molecule has 0 aliphatic rings. The lowest BCUT2D eigenvalue weighted by atomic mass is 10.1. The predicted octanol–water partition coefficient (Wildman–Crippen LogP) is 2.69. The molecule has 0 aliphatic heterocycles. The predicted molar refractivity (Wildman–Crippen MR) is 104 cm³/mol. The number of amides is 2. The fraction of sp³-hybridized carbons (Fsp3) is 0.200. The molecule has 3 rings (SSSR count). The van der Waals surface area contributed by atoms with Gasteiger partial charge in [-0.2, -0.15) is 0 Å². The maximum atomic E-state index is 14.2. The molecule has 1 atom stereocenters. The monoisotopic (exact) mass is 422 g/mol. The Morgan fingerprint density at radius 3 is 2.83 bits per heavy atom. The summed E-state index contributed by atoms with van der Waals surface area (Å²) in [6.07, 6.45) is 0. The van der Waals surface area contributed by atoms with E-state index in [9.17, 15) is 19.1 Å². The minimum absolute atomic E-state index is 0.0275. The number of aliphatic hydroxyl groups is 1. The van der Waals surface area contributed by atoms with Gasteiger partial charge in [-0.3, -0.25) is 9.59 Å². The molecule has 0 bridgehead atoms. The molecule has 2 aromatic carbocycles. The molecule has 7 nitrogen and oxygen atoms in total. The number of hydrogen-bond donors (Lipinski definition) is 3. The third-order valence-corrected chi connectivity index (χ3v) is 4.44. The number of carbonyl (C=O) groups is 2. The quantitative estimate of drug-likeness (QED) is 0.541. The van der Waals surface area contributed by atoms with Gasteiger partial charge in [0.15, 0.2) is 0 Å². The van der Waals surface area contributed by atoms with E-state index in [1.165, 1.54) is 37.3 Å². The molecule has 0 radical (unpaired) electrons. The summed E-state index contributed by atoms with van der Waals surface area (Å²) in [5.74, 6) is -2.34. The van der Waals surface area contributed by atoms with E-state index in [1.807, 2.05) is 0 Å². The van der Waals surface area contributed by atoms with Crippen molar-refractivity contribution in [1.29, 1.82) is 0 Å². The van der Waals surface area contributed by atoms with Crippen LogP contribution in [0.2, 0.25) is 5.02 Å². The van der Waals surface area contributed by atoms with Crippen LogP contribution in [0, 0.1) is 12.7 Å². The Morgan fingerprint density at radius 2 is 2.17 bits per heavy atom. The first-order valence-corrected chi connectivity index (χ1v) is 8.80. The Labute approximate surface area is 173 Å². The number of ether oxygens (including phenoxy) is 1. The average molecular weight is 423 g/mol. The fourth-order valence-electron chi connectivity index (χ4n) is 2.69. The van der Waals surface area contributed by atoms with Gasteiger partial charge < -0.3 is 25.3 Å². The third-order valence-electron chi connectivity index (χ3n) is 4.13. The Hall–Kier alpha value is -3.10. The first kappa shape index (κ1) is 18.0. The number of rotatable bonds is 7. The number of benzene rings is 2. The number of halogens is 2. The van der Waals surface area contributed by atoms with E-state index in [2.05, 4.69) is 5.32 Å². The highest BCUT2D eigenvalue weighted by molar-refractivity contribution is 6.31. The van der Waals surface area contributed by atoms with Crippen LogP contribution in [0.3, 0.4) is 0 Å². The molecule has 9 heteroatoms. The van der Waals surface area contributed by atoms with Crippen molar-refractivity contribution in [1.82, 2.24) is 5.32 Å². The zero-order valence-corrected chi connectivity index (χ0v) is 15.9. The minimum atomic E-state index is -2.62. The standard InChI is InChI=1S/C20H18ClFN2O5/c1-10-18(20(27)24-16(8-25)19(23)26)12-7-11(5-6-17(12)29-10)28-9-13-14(21)3-2-4-15(13)22/h2-7,16,25H,8-9H2,1H3,(H2,23,26)(H,24,27)/t16-/m0/s1/i9D2. The van der Waals surface area contributed by atoms with Crippen LogP contribution in [0.25, 0.3) is 11.0 Å². The molecule has 29 heavy (non-hydrogen) atoms. The molecule has 0 saturated carbocycles. The van der Waals surface area contributed by atoms with Gasteiger partial charge in [-0.05, 0) is 37.3 Å². The van der Waals surface area contributed by atoms with Crippen molar-refractivity contribution in [3.8, 4) is 5.75 Å². The van der Waals surface area contributed by atoms with Crippen LogP contribution < -0.4 is 15.8 Å². The van der Waals surface area contributed by atoms with Crippen molar-refractivity contribution >= 4 is 34.4 Å². The summed E-state index contributed by atoms with van der Waals surface area (Å²) < 4.78 is 41.3. The van der Waals surface area contributed by atoms with E-state index in [0.29, 0.717) is 5.58 Å². The molecule has 0 aliphatic carbocycles. The maximum Gasteiger partial charge on any atom is 0.256 e. The van der Waals surface area contributed by atoms with Crippen LogP contribution in [-0.4, -0.2) is 29.6 Å². The molecular formula is C20H18ClFN2O5. The number of primary amides is 1. The Balaban J connectivity index is 1.98. The zero-order valence-electron chi connectivity index (χ0n) is 17.2. The molecule has 1 aromatic heterocycles. The highest BCUT2D eigenvalue weighted by Gasteiger charge is 2.23. The van der Waals surface area contributed by atoms with E-state index in [0.717, 1.165) is 6.07 Å². The molecule has 0 saturated heterocycles. The molecule has 4 N–H and O–H groups in total. The number of aryl methyl sites for hydroxylation is 1. The molecule has 0 spiro atoms. The lowest BCUT2D eigenvalue weighted by Crippen LogP contribution is -2.46. The number of carbonyl (C=O) groups excluding carboxylic acids is 2. The van der Waals surface area contributed by atoms with Gasteiger partial charge in [-0.25, -0.2) is 4.39 Å². The average Bonchev–Trinajstić information content (AvgIpc) is 3.00. The van der Waals surface area contributed by atoms with Crippen LogP contribution in [0.4, 0.5) is 4.39 Å². The van der Waals surface area contributed by atoms with Crippen LogP contribution in [0.1, 0.15) is 24.4 Å². The van der Waals surface area contributed by atoms with Crippen molar-refractivity contribution in [3.05, 3.63) is 64.1 Å². The van der Waals surface area contributed by atoms with Gasteiger partial charge in [0, 0.05) is 10.9 Å². The molecule has 3 aromatic rings. The van der Waals surface area contributed by atoms with Crippen molar-refractivity contribution in [2.24, 2.45) is 5.73 Å². The highest BCUT2D eigenvalue weighted by Crippen LogP contribution is 2.30. The molecular weight excluding hydrogens is 403 g/mol. The summed E-state index contributed by atoms with van der Waals surface area (Å²) in [7, 11) is 0. The zero-order chi connectivity index (χ0) is 22.9. The summed E-state index contributed by atoms with van der Waals surface area (Å²) >= 11 is 5.95. The molecule has 2 amide bonds. The highest BCUT2D eigenvalue weighted by atomic mass is 35.5. The summed E-state index contributed by atoms with van der Waals surface area (Å²) in [6, 6.07) is 6.62. The Morgan fingerprint density at radius 1 is 1.41 bits per heavy atom. The Kier molecular flexibility index (Phi) is 5.27. The summed E-state index contributed by atoms with van der Waals surface area (Å²) in [5.41, 5.74) is 5.00.